The van der Waals surface area contributed by atoms with Gasteiger partial charge in [0.25, 0.3) is 5.69 Å². The van der Waals surface area contributed by atoms with Gasteiger partial charge < -0.3 is 9.15 Å². The number of hydrogen-bond donors (Lipinski definition) is 0. The summed E-state index contributed by atoms with van der Waals surface area (Å²) in [5.74, 6) is -0.357. The van der Waals surface area contributed by atoms with Gasteiger partial charge in [0.1, 0.15) is 17.6 Å². The minimum absolute atomic E-state index is 0.118. The fourth-order valence-corrected chi connectivity index (χ4v) is 4.07. The molecule has 4 rings (SSSR count). The van der Waals surface area contributed by atoms with Crippen LogP contribution in [0.5, 0.6) is 5.75 Å². The zero-order chi connectivity index (χ0) is 25.7. The standard InChI is InChI=1S/C28H24ClNO6/c1-2-3-4-5-6-20-15-23-26(35-17-24(27(23)31)18-7-11-21(29)12-8-18)16-25(20)36-28(32)19-9-13-22(14-10-19)30(33)34/h7-17H,2-6H2,1H3. The van der Waals surface area contributed by atoms with E-state index in [0.717, 1.165) is 31.2 Å². The van der Waals surface area contributed by atoms with Gasteiger partial charge in [-0.2, -0.15) is 0 Å². The molecule has 3 aromatic carbocycles. The summed E-state index contributed by atoms with van der Waals surface area (Å²) in [6.45, 7) is 2.12. The molecule has 0 atom stereocenters. The number of carbonyl (C=O) groups is 1. The van der Waals surface area contributed by atoms with Crippen molar-refractivity contribution < 1.29 is 18.9 Å². The lowest BCUT2D eigenvalue weighted by atomic mass is 10.0. The van der Waals surface area contributed by atoms with E-state index in [2.05, 4.69) is 6.92 Å². The van der Waals surface area contributed by atoms with Gasteiger partial charge in [-0.25, -0.2) is 4.79 Å². The summed E-state index contributed by atoms with van der Waals surface area (Å²) in [6.07, 6.45) is 6.02. The Hall–Kier alpha value is -3.97. The maximum Gasteiger partial charge on any atom is 0.343 e. The van der Waals surface area contributed by atoms with Crippen LogP contribution in [0.25, 0.3) is 22.1 Å². The van der Waals surface area contributed by atoms with Crippen molar-refractivity contribution >= 4 is 34.2 Å². The maximum atomic E-state index is 13.3. The van der Waals surface area contributed by atoms with Crippen LogP contribution in [0.15, 0.2) is 76.1 Å². The predicted octanol–water partition coefficient (Wildman–Crippen LogP) is 7.36. The lowest BCUT2D eigenvalue weighted by Crippen LogP contribution is -2.11. The molecule has 0 saturated heterocycles. The Kier molecular flexibility index (Phi) is 7.80. The number of esters is 1. The number of carbonyl (C=O) groups excluding carboxylic acids is 1. The quantitative estimate of drug-likeness (QED) is 0.0774. The van der Waals surface area contributed by atoms with Crippen LogP contribution in [0.2, 0.25) is 5.02 Å². The number of ether oxygens (including phenoxy) is 1. The molecule has 0 fully saturated rings. The number of nitrogens with zero attached hydrogens (tertiary/aromatic N) is 1. The summed E-state index contributed by atoms with van der Waals surface area (Å²) in [5, 5.41) is 11.9. The fraction of sp³-hybridized carbons (Fsp3) is 0.214. The van der Waals surface area contributed by atoms with Gasteiger partial charge in [0.05, 0.1) is 21.4 Å². The zero-order valence-electron chi connectivity index (χ0n) is 19.7. The molecule has 8 heteroatoms. The van der Waals surface area contributed by atoms with Gasteiger partial charge in [-0.3, -0.25) is 14.9 Å². The Bertz CT molecular complexity index is 1460. The summed E-state index contributed by atoms with van der Waals surface area (Å²) in [7, 11) is 0. The van der Waals surface area contributed by atoms with E-state index < -0.39 is 10.9 Å². The van der Waals surface area contributed by atoms with Crippen molar-refractivity contribution in [3.8, 4) is 16.9 Å². The second-order valence-electron chi connectivity index (χ2n) is 8.45. The molecule has 1 aromatic heterocycles. The minimum Gasteiger partial charge on any atom is -0.463 e. The summed E-state index contributed by atoms with van der Waals surface area (Å²) in [5.41, 5.74) is 1.97. The second kappa shape index (κ2) is 11.2. The van der Waals surface area contributed by atoms with E-state index in [-0.39, 0.29) is 16.7 Å². The van der Waals surface area contributed by atoms with E-state index in [4.69, 9.17) is 20.8 Å². The highest BCUT2D eigenvalue weighted by Gasteiger charge is 2.18. The third-order valence-electron chi connectivity index (χ3n) is 5.93. The minimum atomic E-state index is -0.654. The first kappa shape index (κ1) is 25.1. The van der Waals surface area contributed by atoms with Crippen molar-refractivity contribution in [3.05, 3.63) is 103 Å². The number of nitro groups is 1. The van der Waals surface area contributed by atoms with Crippen molar-refractivity contribution in [2.24, 2.45) is 0 Å². The van der Waals surface area contributed by atoms with Crippen molar-refractivity contribution in [2.45, 2.75) is 39.0 Å². The van der Waals surface area contributed by atoms with Crippen LogP contribution >= 0.6 is 11.6 Å². The summed E-state index contributed by atoms with van der Waals surface area (Å²) < 4.78 is 11.5. The van der Waals surface area contributed by atoms with E-state index in [9.17, 15) is 19.7 Å². The SMILES string of the molecule is CCCCCCc1cc2c(=O)c(-c3ccc(Cl)cc3)coc2cc1OC(=O)c1ccc([N+](=O)[O-])cc1. The van der Waals surface area contributed by atoms with E-state index in [1.807, 2.05) is 0 Å². The summed E-state index contributed by atoms with van der Waals surface area (Å²) >= 11 is 5.98. The van der Waals surface area contributed by atoms with Crippen LogP contribution in [-0.2, 0) is 6.42 Å². The molecule has 0 N–H and O–H groups in total. The number of nitro benzene ring substituents is 1. The third-order valence-corrected chi connectivity index (χ3v) is 6.18. The van der Waals surface area contributed by atoms with E-state index >= 15 is 0 Å². The molecule has 36 heavy (non-hydrogen) atoms. The Morgan fingerprint density at radius 3 is 2.42 bits per heavy atom. The molecule has 0 aliphatic carbocycles. The summed E-state index contributed by atoms with van der Waals surface area (Å²) in [4.78, 5) is 36.5. The molecule has 0 bridgehead atoms. The number of non-ortho nitro benzene ring substituents is 1. The number of fused-ring (bicyclic) bond motifs is 1. The van der Waals surface area contributed by atoms with Crippen molar-refractivity contribution in [2.75, 3.05) is 0 Å². The highest BCUT2D eigenvalue weighted by atomic mass is 35.5. The third kappa shape index (κ3) is 5.63. The first-order valence-electron chi connectivity index (χ1n) is 11.7. The molecule has 184 valence electrons. The molecule has 0 saturated carbocycles. The Morgan fingerprint density at radius 1 is 1.03 bits per heavy atom. The van der Waals surface area contributed by atoms with Gasteiger partial charge in [0.15, 0.2) is 0 Å². The number of rotatable bonds is 9. The Morgan fingerprint density at radius 2 is 1.75 bits per heavy atom. The first-order valence-corrected chi connectivity index (χ1v) is 12.1. The average molecular weight is 506 g/mol. The average Bonchev–Trinajstić information content (AvgIpc) is 2.88. The largest absolute Gasteiger partial charge is 0.463 e. The Balaban J connectivity index is 1.71. The number of aryl methyl sites for hydroxylation is 1. The van der Waals surface area contributed by atoms with E-state index in [0.29, 0.717) is 39.3 Å². The smallest absolute Gasteiger partial charge is 0.343 e. The molecular weight excluding hydrogens is 482 g/mol. The molecule has 1 heterocycles. The molecule has 7 nitrogen and oxygen atoms in total. The van der Waals surface area contributed by atoms with Crippen LogP contribution in [0.3, 0.4) is 0 Å². The maximum absolute atomic E-state index is 13.3. The van der Waals surface area contributed by atoms with Crippen molar-refractivity contribution in [3.63, 3.8) is 0 Å². The molecule has 4 aromatic rings. The molecule has 0 spiro atoms. The van der Waals surface area contributed by atoms with Crippen LogP contribution in [0.4, 0.5) is 5.69 Å². The van der Waals surface area contributed by atoms with Crippen LogP contribution < -0.4 is 10.2 Å². The molecular formula is C28H24ClNO6. The monoisotopic (exact) mass is 505 g/mol. The molecule has 0 radical (unpaired) electrons. The molecule has 0 amide bonds. The highest BCUT2D eigenvalue weighted by molar-refractivity contribution is 6.30. The van der Waals surface area contributed by atoms with Gasteiger partial charge in [-0.15, -0.1) is 0 Å². The lowest BCUT2D eigenvalue weighted by Gasteiger charge is -2.12. The highest BCUT2D eigenvalue weighted by Crippen LogP contribution is 2.29. The normalized spacial score (nSPS) is 10.9. The second-order valence-corrected chi connectivity index (χ2v) is 8.88. The summed E-state index contributed by atoms with van der Waals surface area (Å²) in [6, 6.07) is 15.4. The fourth-order valence-electron chi connectivity index (χ4n) is 3.94. The molecule has 0 aliphatic rings. The zero-order valence-corrected chi connectivity index (χ0v) is 20.4. The number of halogens is 1. The van der Waals surface area contributed by atoms with Crippen LogP contribution in [0.1, 0.15) is 48.5 Å². The van der Waals surface area contributed by atoms with Gasteiger partial charge in [-0.1, -0.05) is 49.9 Å². The number of hydrogen-bond acceptors (Lipinski definition) is 6. The van der Waals surface area contributed by atoms with E-state index in [1.165, 1.54) is 30.5 Å². The number of unbranched alkanes of at least 4 members (excludes halogenated alkanes) is 3. The number of benzene rings is 3. The first-order chi connectivity index (χ1) is 17.4. The van der Waals surface area contributed by atoms with Gasteiger partial charge in [-0.05, 0) is 54.3 Å². The van der Waals surface area contributed by atoms with Gasteiger partial charge in [0, 0.05) is 23.2 Å². The van der Waals surface area contributed by atoms with Gasteiger partial charge >= 0.3 is 5.97 Å². The van der Waals surface area contributed by atoms with Gasteiger partial charge in [0.2, 0.25) is 5.43 Å². The lowest BCUT2D eigenvalue weighted by molar-refractivity contribution is -0.384. The molecule has 0 aliphatic heterocycles. The van der Waals surface area contributed by atoms with Crippen molar-refractivity contribution in [1.29, 1.82) is 0 Å². The predicted molar refractivity (Wildman–Crippen MR) is 139 cm³/mol. The topological polar surface area (TPSA) is 99.7 Å². The van der Waals surface area contributed by atoms with E-state index in [1.54, 1.807) is 36.4 Å². The van der Waals surface area contributed by atoms with Crippen LogP contribution in [-0.4, -0.2) is 10.9 Å². The van der Waals surface area contributed by atoms with Crippen LogP contribution in [0, 0.1) is 10.1 Å². The Labute approximate surface area is 212 Å². The van der Waals surface area contributed by atoms with Crippen molar-refractivity contribution in [1.82, 2.24) is 0 Å². The molecule has 0 unspecified atom stereocenters.